The van der Waals surface area contributed by atoms with Gasteiger partial charge in [-0.15, -0.1) is 16.8 Å². The third kappa shape index (κ3) is 6.40. The summed E-state index contributed by atoms with van der Waals surface area (Å²) < 4.78 is 46.5. The van der Waals surface area contributed by atoms with Gasteiger partial charge in [0.25, 0.3) is 0 Å². The smallest absolute Gasteiger partial charge is 0.416 e. The van der Waals surface area contributed by atoms with Crippen LogP contribution in [0.4, 0.5) is 18.9 Å². The van der Waals surface area contributed by atoms with Crippen LogP contribution >= 0.6 is 11.8 Å². The first-order valence-corrected chi connectivity index (χ1v) is 11.4. The summed E-state index contributed by atoms with van der Waals surface area (Å²) in [5, 5.41) is 11.4. The molecule has 10 heteroatoms. The highest BCUT2D eigenvalue weighted by Crippen LogP contribution is 2.31. The van der Waals surface area contributed by atoms with Gasteiger partial charge in [0.15, 0.2) is 17.1 Å². The Morgan fingerprint density at radius 3 is 2.68 bits per heavy atom. The number of rotatable bonds is 9. The lowest BCUT2D eigenvalue weighted by molar-refractivity contribution is -0.137. The second-order valence-corrected chi connectivity index (χ2v) is 8.63. The van der Waals surface area contributed by atoms with Crippen molar-refractivity contribution < 1.29 is 22.7 Å². The molecule has 180 valence electrons. The number of hydrogen-bond donors (Lipinski definition) is 1. The SMILES string of the molecule is C=CCn1c(SCC(=O)Nc2cccc(C(F)(F)F)c2)nnc1C(C)Oc1ccc(C)cc1C. The fourth-order valence-corrected chi connectivity index (χ4v) is 4.04. The predicted molar refractivity (Wildman–Crippen MR) is 126 cm³/mol. The zero-order valence-electron chi connectivity index (χ0n) is 19.0. The Kier molecular flexibility index (Phi) is 8.03. The van der Waals surface area contributed by atoms with Gasteiger partial charge in [-0.25, -0.2) is 0 Å². The molecule has 2 aromatic carbocycles. The van der Waals surface area contributed by atoms with E-state index >= 15 is 0 Å². The first-order chi connectivity index (χ1) is 16.1. The number of thioether (sulfide) groups is 1. The number of nitrogens with zero attached hydrogens (tertiary/aromatic N) is 3. The summed E-state index contributed by atoms with van der Waals surface area (Å²) in [7, 11) is 0. The van der Waals surface area contributed by atoms with Crippen molar-refractivity contribution in [3.63, 3.8) is 0 Å². The molecule has 3 rings (SSSR count). The molecule has 1 atom stereocenters. The van der Waals surface area contributed by atoms with E-state index in [-0.39, 0.29) is 11.4 Å². The van der Waals surface area contributed by atoms with Crippen LogP contribution in [0, 0.1) is 13.8 Å². The van der Waals surface area contributed by atoms with Gasteiger partial charge < -0.3 is 10.1 Å². The molecular formula is C24H25F3N4O2S. The minimum atomic E-state index is -4.48. The lowest BCUT2D eigenvalue weighted by Gasteiger charge is -2.17. The van der Waals surface area contributed by atoms with Crippen LogP contribution in [0.5, 0.6) is 5.75 Å². The van der Waals surface area contributed by atoms with E-state index < -0.39 is 23.8 Å². The standard InChI is InChI=1S/C24H25F3N4O2S/c1-5-11-31-22(17(4)33-20-10-9-15(2)12-16(20)3)29-30-23(31)34-14-21(32)28-19-8-6-7-18(13-19)24(25,26)27/h5-10,12-13,17H,1,11,14H2,2-4H3,(H,28,32). The molecule has 0 spiro atoms. The summed E-state index contributed by atoms with van der Waals surface area (Å²) in [6, 6.07) is 10.4. The van der Waals surface area contributed by atoms with Crippen LogP contribution in [-0.4, -0.2) is 26.4 Å². The molecule has 1 unspecified atom stereocenters. The van der Waals surface area contributed by atoms with E-state index in [1.165, 1.54) is 12.1 Å². The zero-order valence-corrected chi connectivity index (χ0v) is 19.8. The van der Waals surface area contributed by atoms with Crippen molar-refractivity contribution in [1.29, 1.82) is 0 Å². The van der Waals surface area contributed by atoms with Crippen molar-refractivity contribution in [2.75, 3.05) is 11.1 Å². The Labute approximate surface area is 200 Å². The molecular weight excluding hydrogens is 465 g/mol. The van der Waals surface area contributed by atoms with Crippen LogP contribution in [0.25, 0.3) is 0 Å². The maximum atomic E-state index is 12.9. The topological polar surface area (TPSA) is 69.0 Å². The number of amides is 1. The van der Waals surface area contributed by atoms with E-state index in [4.69, 9.17) is 4.74 Å². The number of alkyl halides is 3. The third-order valence-corrected chi connectivity index (χ3v) is 5.83. The molecule has 34 heavy (non-hydrogen) atoms. The number of ether oxygens (including phenoxy) is 1. The first kappa shape index (κ1) is 25.4. The lowest BCUT2D eigenvalue weighted by atomic mass is 10.1. The second-order valence-electron chi connectivity index (χ2n) is 7.68. The Morgan fingerprint density at radius 1 is 1.24 bits per heavy atom. The molecule has 1 heterocycles. The molecule has 0 saturated heterocycles. The molecule has 0 saturated carbocycles. The number of aryl methyl sites for hydroxylation is 2. The largest absolute Gasteiger partial charge is 0.482 e. The lowest BCUT2D eigenvalue weighted by Crippen LogP contribution is -2.16. The average Bonchev–Trinajstić information content (AvgIpc) is 3.17. The summed E-state index contributed by atoms with van der Waals surface area (Å²) in [6.45, 7) is 10.0. The van der Waals surface area contributed by atoms with Crippen molar-refractivity contribution in [3.05, 3.63) is 77.6 Å². The van der Waals surface area contributed by atoms with Crippen LogP contribution in [0.15, 0.2) is 60.3 Å². The quantitative estimate of drug-likeness (QED) is 0.296. The van der Waals surface area contributed by atoms with Crippen LogP contribution in [0.3, 0.4) is 0 Å². The molecule has 0 aliphatic rings. The van der Waals surface area contributed by atoms with Crippen molar-refractivity contribution in [2.45, 2.75) is 44.8 Å². The number of nitrogens with one attached hydrogen (secondary N) is 1. The number of hydrogen-bond acceptors (Lipinski definition) is 5. The van der Waals surface area contributed by atoms with Gasteiger partial charge in [-0.2, -0.15) is 13.2 Å². The first-order valence-electron chi connectivity index (χ1n) is 10.5. The molecule has 3 aromatic rings. The van der Waals surface area contributed by atoms with Gasteiger partial charge in [0.2, 0.25) is 5.91 Å². The molecule has 0 aliphatic heterocycles. The van der Waals surface area contributed by atoms with Crippen molar-refractivity contribution in [3.8, 4) is 5.75 Å². The predicted octanol–water partition coefficient (Wildman–Crippen LogP) is 5.97. The molecule has 6 nitrogen and oxygen atoms in total. The monoisotopic (exact) mass is 490 g/mol. The number of aromatic nitrogens is 3. The van der Waals surface area contributed by atoms with E-state index in [9.17, 15) is 18.0 Å². The summed E-state index contributed by atoms with van der Waals surface area (Å²) >= 11 is 1.13. The minimum absolute atomic E-state index is 0.0577. The summed E-state index contributed by atoms with van der Waals surface area (Å²) in [6.07, 6.45) is -3.21. The second kappa shape index (κ2) is 10.8. The number of benzene rings is 2. The average molecular weight is 491 g/mol. The van der Waals surface area contributed by atoms with Crippen LogP contribution < -0.4 is 10.1 Å². The van der Waals surface area contributed by atoms with Crippen molar-refractivity contribution in [2.24, 2.45) is 0 Å². The van der Waals surface area contributed by atoms with Gasteiger partial charge in [0.1, 0.15) is 5.75 Å². The molecule has 0 aliphatic carbocycles. The molecule has 1 aromatic heterocycles. The molecule has 1 amide bonds. The maximum absolute atomic E-state index is 12.9. The van der Waals surface area contributed by atoms with Gasteiger partial charge in [-0.05, 0) is 50.6 Å². The van der Waals surface area contributed by atoms with Gasteiger partial charge >= 0.3 is 6.18 Å². The molecule has 0 fully saturated rings. The van der Waals surface area contributed by atoms with Gasteiger partial charge in [-0.3, -0.25) is 9.36 Å². The Hall–Kier alpha value is -3.27. The molecule has 0 radical (unpaired) electrons. The third-order valence-electron chi connectivity index (χ3n) is 4.86. The molecule has 0 bridgehead atoms. The maximum Gasteiger partial charge on any atom is 0.416 e. The summed E-state index contributed by atoms with van der Waals surface area (Å²) in [5.41, 5.74) is 1.38. The van der Waals surface area contributed by atoms with E-state index in [1.807, 2.05) is 39.0 Å². The summed E-state index contributed by atoms with van der Waals surface area (Å²) in [5.74, 6) is 0.790. The van der Waals surface area contributed by atoms with Gasteiger partial charge in [0, 0.05) is 12.2 Å². The van der Waals surface area contributed by atoms with E-state index in [1.54, 1.807) is 10.6 Å². The van der Waals surface area contributed by atoms with Crippen LogP contribution in [-0.2, 0) is 17.5 Å². The Morgan fingerprint density at radius 2 is 2.00 bits per heavy atom. The van der Waals surface area contributed by atoms with E-state index in [0.29, 0.717) is 17.5 Å². The Bertz CT molecular complexity index is 1180. The van der Waals surface area contributed by atoms with Crippen molar-refractivity contribution in [1.82, 2.24) is 14.8 Å². The van der Waals surface area contributed by atoms with Gasteiger partial charge in [0.05, 0.1) is 11.3 Å². The fourth-order valence-electron chi connectivity index (χ4n) is 3.28. The fraction of sp³-hybridized carbons (Fsp3) is 0.292. The minimum Gasteiger partial charge on any atom is -0.482 e. The van der Waals surface area contributed by atoms with E-state index in [0.717, 1.165) is 40.8 Å². The normalized spacial score (nSPS) is 12.3. The summed E-state index contributed by atoms with van der Waals surface area (Å²) in [4.78, 5) is 12.3. The number of carbonyl (C=O) groups is 1. The number of halogens is 3. The van der Waals surface area contributed by atoms with Gasteiger partial charge in [-0.1, -0.05) is 41.6 Å². The highest BCUT2D eigenvalue weighted by atomic mass is 32.2. The number of anilines is 1. The van der Waals surface area contributed by atoms with Crippen LogP contribution in [0.1, 0.15) is 35.5 Å². The number of carbonyl (C=O) groups excluding carboxylic acids is 1. The molecule has 1 N–H and O–H groups in total. The van der Waals surface area contributed by atoms with Crippen LogP contribution in [0.2, 0.25) is 0 Å². The zero-order chi connectivity index (χ0) is 24.9. The van der Waals surface area contributed by atoms with E-state index in [2.05, 4.69) is 22.1 Å². The highest BCUT2D eigenvalue weighted by Gasteiger charge is 2.30. The Balaban J connectivity index is 1.68. The highest BCUT2D eigenvalue weighted by molar-refractivity contribution is 7.99. The van der Waals surface area contributed by atoms with Crippen molar-refractivity contribution >= 4 is 23.4 Å². The number of allylic oxidation sites excluding steroid dienone is 1.